The van der Waals surface area contributed by atoms with Gasteiger partial charge in [-0.25, -0.2) is 0 Å². The Morgan fingerprint density at radius 3 is 2.46 bits per heavy atom. The summed E-state index contributed by atoms with van der Waals surface area (Å²) in [7, 11) is 1.43. The van der Waals surface area contributed by atoms with Crippen molar-refractivity contribution in [2.75, 3.05) is 31.6 Å². The Labute approximate surface area is 204 Å². The number of nitriles is 1. The van der Waals surface area contributed by atoms with Crippen LogP contribution in [0.25, 0.3) is 0 Å². The molecule has 35 heavy (non-hydrogen) atoms. The predicted molar refractivity (Wildman–Crippen MR) is 127 cm³/mol. The van der Waals surface area contributed by atoms with Gasteiger partial charge in [-0.2, -0.15) is 18.4 Å². The summed E-state index contributed by atoms with van der Waals surface area (Å²) in [6.07, 6.45) is -1.17. The Hall–Kier alpha value is -3.05. The van der Waals surface area contributed by atoms with E-state index in [0.29, 0.717) is 24.7 Å². The van der Waals surface area contributed by atoms with Gasteiger partial charge in [-0.1, -0.05) is 24.3 Å². The molecule has 0 aromatic heterocycles. The number of alkyl halides is 3. The Balaban J connectivity index is 1.47. The smallest absolute Gasteiger partial charge is 0.416 e. The van der Waals surface area contributed by atoms with Crippen LogP contribution in [0.15, 0.2) is 42.5 Å². The second kappa shape index (κ2) is 10.3. The maximum Gasteiger partial charge on any atom is 0.416 e. The van der Waals surface area contributed by atoms with Gasteiger partial charge in [-0.05, 0) is 67.9 Å². The highest BCUT2D eigenvalue weighted by Crippen LogP contribution is 2.40. The van der Waals surface area contributed by atoms with Gasteiger partial charge >= 0.3 is 12.1 Å². The van der Waals surface area contributed by atoms with Gasteiger partial charge in [0.15, 0.2) is 0 Å². The zero-order chi connectivity index (χ0) is 25.2. The molecule has 8 heteroatoms. The third kappa shape index (κ3) is 5.30. The molecule has 2 heterocycles. The molecule has 0 spiro atoms. The molecule has 0 aliphatic carbocycles. The Morgan fingerprint density at radius 1 is 1.11 bits per heavy atom. The summed E-state index contributed by atoms with van der Waals surface area (Å²) in [5.41, 5.74) is 2.22. The van der Waals surface area contributed by atoms with Crippen molar-refractivity contribution < 1.29 is 22.7 Å². The molecule has 0 radical (unpaired) electrons. The van der Waals surface area contributed by atoms with Gasteiger partial charge < -0.3 is 9.64 Å². The summed E-state index contributed by atoms with van der Waals surface area (Å²) >= 11 is 0. The number of aryl methyl sites for hydroxylation is 1. The summed E-state index contributed by atoms with van der Waals surface area (Å²) in [6.45, 7) is 4.14. The molecule has 2 atom stereocenters. The van der Waals surface area contributed by atoms with Crippen LogP contribution in [0, 0.1) is 24.2 Å². The summed E-state index contributed by atoms with van der Waals surface area (Å²) < 4.78 is 44.3. The number of nitrogens with zero attached hydrogens (tertiary/aromatic N) is 3. The molecule has 2 fully saturated rings. The van der Waals surface area contributed by atoms with Crippen molar-refractivity contribution in [2.45, 2.75) is 50.9 Å². The van der Waals surface area contributed by atoms with Crippen LogP contribution in [-0.2, 0) is 15.7 Å². The largest absolute Gasteiger partial charge is 0.468 e. The first-order chi connectivity index (χ1) is 16.7. The minimum Gasteiger partial charge on any atom is -0.468 e. The van der Waals surface area contributed by atoms with Crippen molar-refractivity contribution in [2.24, 2.45) is 5.92 Å². The van der Waals surface area contributed by atoms with Gasteiger partial charge in [0.25, 0.3) is 0 Å². The number of likely N-dealkylation sites (tertiary alicyclic amines) is 1. The summed E-state index contributed by atoms with van der Waals surface area (Å²) in [5, 5.41) is 9.45. The molecular formula is C27H30F3N3O2. The van der Waals surface area contributed by atoms with Crippen LogP contribution in [0.5, 0.6) is 0 Å². The molecule has 2 aliphatic rings. The number of anilines is 1. The number of carbonyl (C=O) groups is 1. The number of benzene rings is 2. The van der Waals surface area contributed by atoms with E-state index in [4.69, 9.17) is 4.74 Å². The molecule has 2 saturated heterocycles. The van der Waals surface area contributed by atoms with Crippen LogP contribution in [0.2, 0.25) is 0 Å². The first-order valence-corrected chi connectivity index (χ1v) is 12.0. The number of esters is 1. The van der Waals surface area contributed by atoms with E-state index in [9.17, 15) is 23.2 Å². The van der Waals surface area contributed by atoms with E-state index in [-0.39, 0.29) is 23.6 Å². The molecule has 0 bridgehead atoms. The lowest BCUT2D eigenvalue weighted by Crippen LogP contribution is -2.44. The lowest BCUT2D eigenvalue weighted by atomic mass is 9.93. The Kier molecular flexibility index (Phi) is 7.36. The van der Waals surface area contributed by atoms with Crippen LogP contribution in [-0.4, -0.2) is 43.7 Å². The standard InChI is InChI=1S/C27H30F3N3O2/c1-18-5-3-4-6-22(18)24-9-10-25(26(34)35-2)33(24)17-19-11-13-32(14-12-19)23-8-7-21(27(28,29)30)15-20(23)16-31/h3-8,15,19,24-25H,9-14,17H2,1-2H3/t24-,25+/m1/s1. The lowest BCUT2D eigenvalue weighted by molar-refractivity contribution is -0.146. The van der Waals surface area contributed by atoms with E-state index in [2.05, 4.69) is 24.0 Å². The fraction of sp³-hybridized carbons (Fsp3) is 0.481. The number of carbonyl (C=O) groups excluding carboxylic acids is 1. The first-order valence-electron chi connectivity index (χ1n) is 12.0. The molecule has 2 aromatic rings. The van der Waals surface area contributed by atoms with Crippen molar-refractivity contribution in [1.82, 2.24) is 4.90 Å². The third-order valence-corrected chi connectivity index (χ3v) is 7.40. The van der Waals surface area contributed by atoms with Crippen LogP contribution < -0.4 is 4.90 Å². The normalized spacial score (nSPS) is 21.7. The molecule has 5 nitrogen and oxygen atoms in total. The number of piperidine rings is 1. The van der Waals surface area contributed by atoms with E-state index in [1.165, 1.54) is 24.3 Å². The van der Waals surface area contributed by atoms with Crippen molar-refractivity contribution in [1.29, 1.82) is 5.26 Å². The summed E-state index contributed by atoms with van der Waals surface area (Å²) in [5.74, 6) is 0.130. The van der Waals surface area contributed by atoms with Crippen LogP contribution in [0.1, 0.15) is 54.0 Å². The molecule has 2 aliphatic heterocycles. The second-order valence-electron chi connectivity index (χ2n) is 9.46. The fourth-order valence-corrected chi connectivity index (χ4v) is 5.54. The minimum absolute atomic E-state index is 0.0446. The SMILES string of the molecule is COC(=O)[C@@H]1CC[C@H](c2ccccc2C)N1CC1CCN(c2ccc(C(F)(F)F)cc2C#N)CC1. The van der Waals surface area contributed by atoms with Gasteiger partial charge in [0.05, 0.1) is 23.9 Å². The van der Waals surface area contributed by atoms with Gasteiger partial charge in [0.1, 0.15) is 12.1 Å². The average Bonchev–Trinajstić information content (AvgIpc) is 3.26. The number of rotatable bonds is 5. The quantitative estimate of drug-likeness (QED) is 0.525. The average molecular weight is 486 g/mol. The van der Waals surface area contributed by atoms with E-state index >= 15 is 0 Å². The zero-order valence-electron chi connectivity index (χ0n) is 20.0. The van der Waals surface area contributed by atoms with E-state index in [1.807, 2.05) is 23.1 Å². The lowest BCUT2D eigenvalue weighted by Gasteiger charge is -2.38. The summed E-state index contributed by atoms with van der Waals surface area (Å²) in [6, 6.07) is 13.4. The fourth-order valence-electron chi connectivity index (χ4n) is 5.54. The number of ether oxygens (including phenoxy) is 1. The molecule has 186 valence electrons. The molecule has 0 saturated carbocycles. The Morgan fingerprint density at radius 2 is 1.83 bits per heavy atom. The van der Waals surface area contributed by atoms with E-state index in [0.717, 1.165) is 44.4 Å². The van der Waals surface area contributed by atoms with Crippen molar-refractivity contribution >= 4 is 11.7 Å². The predicted octanol–water partition coefficient (Wildman–Crippen LogP) is 5.48. The maximum atomic E-state index is 13.1. The van der Waals surface area contributed by atoms with Crippen LogP contribution in [0.3, 0.4) is 0 Å². The molecular weight excluding hydrogens is 455 g/mol. The number of methoxy groups -OCH3 is 1. The van der Waals surface area contributed by atoms with Gasteiger partial charge in [-0.3, -0.25) is 9.69 Å². The number of hydrogen-bond acceptors (Lipinski definition) is 5. The molecule has 4 rings (SSSR count). The first kappa shape index (κ1) is 25.1. The zero-order valence-corrected chi connectivity index (χ0v) is 20.0. The van der Waals surface area contributed by atoms with E-state index in [1.54, 1.807) is 0 Å². The van der Waals surface area contributed by atoms with E-state index < -0.39 is 11.7 Å². The molecule has 0 N–H and O–H groups in total. The second-order valence-corrected chi connectivity index (χ2v) is 9.46. The Bertz CT molecular complexity index is 1100. The van der Waals surface area contributed by atoms with Gasteiger partial charge in [0, 0.05) is 25.7 Å². The number of hydrogen-bond donors (Lipinski definition) is 0. The van der Waals surface area contributed by atoms with Crippen molar-refractivity contribution in [3.05, 3.63) is 64.7 Å². The summed E-state index contributed by atoms with van der Waals surface area (Å²) in [4.78, 5) is 16.8. The maximum absolute atomic E-state index is 13.1. The topological polar surface area (TPSA) is 56.6 Å². The highest BCUT2D eigenvalue weighted by atomic mass is 19.4. The molecule has 0 unspecified atom stereocenters. The minimum atomic E-state index is -4.48. The molecule has 2 aromatic carbocycles. The van der Waals surface area contributed by atoms with Crippen molar-refractivity contribution in [3.63, 3.8) is 0 Å². The highest BCUT2D eigenvalue weighted by molar-refractivity contribution is 5.76. The van der Waals surface area contributed by atoms with Crippen LogP contribution in [0.4, 0.5) is 18.9 Å². The highest BCUT2D eigenvalue weighted by Gasteiger charge is 2.41. The van der Waals surface area contributed by atoms with Crippen LogP contribution >= 0.6 is 0 Å². The van der Waals surface area contributed by atoms with Crippen molar-refractivity contribution in [3.8, 4) is 6.07 Å². The van der Waals surface area contributed by atoms with Gasteiger partial charge in [0.2, 0.25) is 0 Å². The third-order valence-electron chi connectivity index (χ3n) is 7.40. The van der Waals surface area contributed by atoms with Gasteiger partial charge in [-0.15, -0.1) is 0 Å². The monoisotopic (exact) mass is 485 g/mol. The molecule has 0 amide bonds. The number of halogens is 3.